The van der Waals surface area contributed by atoms with E-state index < -0.39 is 10.0 Å². The van der Waals surface area contributed by atoms with E-state index in [1.54, 1.807) is 11.3 Å². The molecule has 0 aliphatic heterocycles. The molecule has 5 nitrogen and oxygen atoms in total. The summed E-state index contributed by atoms with van der Waals surface area (Å²) in [6, 6.07) is 4.63. The Hall–Kier alpha value is -1.18. The molecule has 2 aromatic heterocycles. The smallest absolute Gasteiger partial charge is 0.247 e. The van der Waals surface area contributed by atoms with Crippen molar-refractivity contribution >= 4 is 21.4 Å². The van der Waals surface area contributed by atoms with Crippen LogP contribution in [0.25, 0.3) is 10.6 Å². The van der Waals surface area contributed by atoms with Crippen LogP contribution in [0.2, 0.25) is 0 Å². The molecule has 0 spiro atoms. The molecule has 0 aromatic carbocycles. The van der Waals surface area contributed by atoms with E-state index in [-0.39, 0.29) is 12.1 Å². The van der Waals surface area contributed by atoms with Crippen molar-refractivity contribution in [3.63, 3.8) is 0 Å². The second-order valence-corrected chi connectivity index (χ2v) is 12.4. The van der Waals surface area contributed by atoms with Crippen molar-refractivity contribution < 1.29 is 8.42 Å². The monoisotopic (exact) mass is 461 g/mol. The van der Waals surface area contributed by atoms with Gasteiger partial charge in [0, 0.05) is 18.3 Å². The number of sulfonamides is 1. The van der Waals surface area contributed by atoms with Crippen LogP contribution in [0.5, 0.6) is 0 Å². The van der Waals surface area contributed by atoms with Crippen molar-refractivity contribution in [3.05, 3.63) is 23.7 Å². The minimum absolute atomic E-state index is 0.146. The zero-order valence-corrected chi connectivity index (χ0v) is 20.0. The van der Waals surface area contributed by atoms with Gasteiger partial charge in [0.05, 0.1) is 10.9 Å². The zero-order valence-electron chi connectivity index (χ0n) is 18.4. The number of aromatic nitrogens is 2. The highest BCUT2D eigenvalue weighted by Crippen LogP contribution is 2.40. The van der Waals surface area contributed by atoms with Gasteiger partial charge in [-0.2, -0.15) is 9.40 Å². The normalized spacial score (nSPS) is 22.5. The fourth-order valence-corrected chi connectivity index (χ4v) is 8.84. The van der Waals surface area contributed by atoms with E-state index in [9.17, 15) is 8.42 Å². The minimum atomic E-state index is -3.61. The van der Waals surface area contributed by atoms with Gasteiger partial charge in [0.2, 0.25) is 10.0 Å². The Morgan fingerprint density at radius 3 is 2.00 bits per heavy atom. The Bertz CT molecular complexity index is 931. The van der Waals surface area contributed by atoms with E-state index in [0.717, 1.165) is 69.1 Å². The molecule has 0 unspecified atom stereocenters. The second-order valence-electron chi connectivity index (χ2n) is 9.66. The molecule has 2 aromatic rings. The average molecular weight is 462 g/mol. The molecule has 170 valence electrons. The molecule has 0 bridgehead atoms. The minimum Gasteiger partial charge on any atom is -0.268 e. The third-order valence-corrected chi connectivity index (χ3v) is 10.5. The molecule has 0 atom stereocenters. The first-order valence-electron chi connectivity index (χ1n) is 12.3. The molecule has 31 heavy (non-hydrogen) atoms. The summed E-state index contributed by atoms with van der Waals surface area (Å²) in [5.74, 6) is 0. The molecule has 3 aliphatic carbocycles. The summed E-state index contributed by atoms with van der Waals surface area (Å²) in [5, 5.41) is 6.91. The van der Waals surface area contributed by atoms with Gasteiger partial charge < -0.3 is 0 Å². The molecule has 3 fully saturated rings. The van der Waals surface area contributed by atoms with Gasteiger partial charge in [-0.15, -0.1) is 11.3 Å². The maximum absolute atomic E-state index is 14.4. The van der Waals surface area contributed by atoms with Crippen LogP contribution in [-0.2, 0) is 10.0 Å². The third-order valence-electron chi connectivity index (χ3n) is 7.58. The maximum Gasteiger partial charge on any atom is 0.247 e. The van der Waals surface area contributed by atoms with E-state index >= 15 is 0 Å². The van der Waals surface area contributed by atoms with Crippen LogP contribution >= 0.6 is 11.3 Å². The van der Waals surface area contributed by atoms with Crippen molar-refractivity contribution in [2.75, 3.05) is 0 Å². The lowest BCUT2D eigenvalue weighted by atomic mass is 9.91. The second kappa shape index (κ2) is 9.36. The van der Waals surface area contributed by atoms with E-state index in [1.165, 1.54) is 25.7 Å². The number of hydrogen-bond acceptors (Lipinski definition) is 4. The Labute approximate surface area is 190 Å². The molecule has 0 N–H and O–H groups in total. The van der Waals surface area contributed by atoms with E-state index in [1.807, 2.05) is 32.7 Å². The van der Waals surface area contributed by atoms with Gasteiger partial charge in [-0.25, -0.2) is 8.42 Å². The van der Waals surface area contributed by atoms with E-state index in [4.69, 9.17) is 5.10 Å². The van der Waals surface area contributed by atoms with Crippen molar-refractivity contribution in [1.29, 1.82) is 0 Å². The van der Waals surface area contributed by atoms with Gasteiger partial charge in [0.25, 0.3) is 0 Å². The summed E-state index contributed by atoms with van der Waals surface area (Å²) in [4.78, 5) is 1.40. The van der Waals surface area contributed by atoms with Crippen molar-refractivity contribution in [3.8, 4) is 10.6 Å². The van der Waals surface area contributed by atoms with Crippen LogP contribution < -0.4 is 0 Å². The van der Waals surface area contributed by atoms with E-state index in [0.29, 0.717) is 16.6 Å². The molecule has 0 saturated heterocycles. The third kappa shape index (κ3) is 4.38. The zero-order chi connectivity index (χ0) is 21.3. The lowest BCUT2D eigenvalue weighted by Gasteiger charge is -2.40. The van der Waals surface area contributed by atoms with Gasteiger partial charge in [-0.05, 0) is 50.0 Å². The molecule has 7 heteroatoms. The molecule has 3 saturated carbocycles. The van der Waals surface area contributed by atoms with Crippen molar-refractivity contribution in [2.24, 2.45) is 0 Å². The Balaban J connectivity index is 1.58. The summed E-state index contributed by atoms with van der Waals surface area (Å²) in [7, 11) is -3.61. The van der Waals surface area contributed by atoms with Gasteiger partial charge in [-0.3, -0.25) is 4.68 Å². The highest BCUT2D eigenvalue weighted by molar-refractivity contribution is 7.89. The first kappa shape index (κ1) is 21.7. The number of thiophene rings is 1. The molecular formula is C24H35N3O2S2. The van der Waals surface area contributed by atoms with Crippen LogP contribution in [0.1, 0.15) is 95.9 Å². The average Bonchev–Trinajstić information content (AvgIpc) is 3.56. The summed E-state index contributed by atoms with van der Waals surface area (Å²) in [5.41, 5.74) is 0.665. The predicted molar refractivity (Wildman–Crippen MR) is 126 cm³/mol. The largest absolute Gasteiger partial charge is 0.268 e. The highest BCUT2D eigenvalue weighted by Gasteiger charge is 2.40. The first-order chi connectivity index (χ1) is 15.1. The molecule has 0 radical (unpaired) electrons. The first-order valence-corrected chi connectivity index (χ1v) is 14.6. The van der Waals surface area contributed by atoms with Gasteiger partial charge >= 0.3 is 0 Å². The molecule has 2 heterocycles. The van der Waals surface area contributed by atoms with Crippen LogP contribution in [-0.4, -0.2) is 34.6 Å². The predicted octanol–water partition coefficient (Wildman–Crippen LogP) is 6.38. The Morgan fingerprint density at radius 2 is 1.45 bits per heavy atom. The number of hydrogen-bond donors (Lipinski definition) is 0. The Morgan fingerprint density at radius 1 is 0.871 bits per heavy atom. The summed E-state index contributed by atoms with van der Waals surface area (Å²) >= 11 is 1.59. The number of nitrogens with zero attached hydrogens (tertiary/aromatic N) is 3. The lowest BCUT2D eigenvalue weighted by molar-refractivity contribution is 0.170. The SMILES string of the molecule is O=S(=O)(c1cn(C2CCCC2)nc1-c1cccs1)N(C1CCCCC1)C1CCCCC1. The standard InChI is InChI=1S/C24H35N3O2S2/c28-31(29,27(20-12-3-1-4-13-20)21-14-5-2-6-15-21)23-18-26(19-10-7-8-11-19)25-24(23)22-16-9-17-30-22/h9,16-21H,1-8,10-15H2. The Kier molecular flexibility index (Phi) is 6.54. The van der Waals surface area contributed by atoms with Gasteiger partial charge in [-0.1, -0.05) is 57.4 Å². The van der Waals surface area contributed by atoms with Gasteiger partial charge in [0.15, 0.2) is 0 Å². The van der Waals surface area contributed by atoms with E-state index in [2.05, 4.69) is 0 Å². The van der Waals surface area contributed by atoms with Gasteiger partial charge in [0.1, 0.15) is 10.6 Å². The fourth-order valence-electron chi connectivity index (χ4n) is 5.98. The van der Waals surface area contributed by atoms with Crippen LogP contribution in [0.15, 0.2) is 28.6 Å². The van der Waals surface area contributed by atoms with Crippen LogP contribution in [0.3, 0.4) is 0 Å². The summed E-state index contributed by atoms with van der Waals surface area (Å²) < 4.78 is 32.7. The number of rotatable bonds is 6. The molecular weight excluding hydrogens is 426 g/mol. The van der Waals surface area contributed by atoms with Crippen molar-refractivity contribution in [2.45, 2.75) is 113 Å². The van der Waals surface area contributed by atoms with Crippen molar-refractivity contribution in [1.82, 2.24) is 14.1 Å². The fraction of sp³-hybridized carbons (Fsp3) is 0.708. The lowest BCUT2D eigenvalue weighted by Crippen LogP contribution is -2.48. The molecule has 3 aliphatic rings. The summed E-state index contributed by atoms with van der Waals surface area (Å²) in [6.45, 7) is 0. The van der Waals surface area contributed by atoms with Crippen LogP contribution in [0.4, 0.5) is 0 Å². The van der Waals surface area contributed by atoms with Crippen LogP contribution in [0, 0.1) is 0 Å². The topological polar surface area (TPSA) is 55.2 Å². The molecule has 0 amide bonds. The molecule has 5 rings (SSSR count). The maximum atomic E-state index is 14.4. The summed E-state index contributed by atoms with van der Waals surface area (Å²) in [6.07, 6.45) is 17.5. The quantitative estimate of drug-likeness (QED) is 0.501. The highest BCUT2D eigenvalue weighted by atomic mass is 32.2.